The molecule has 13 nitrogen and oxygen atoms in total. The SMILES string of the molecule is Cn1cc(Nc2nccc(-c3ccn(C4(CC#N)CN(C5CNCCN5C(=O)CC#N)C4)n3)n2)cn1. The third-order valence-electron chi connectivity index (χ3n) is 6.55. The quantitative estimate of drug-likeness (QED) is 0.479. The van der Waals surface area contributed by atoms with Gasteiger partial charge in [-0.2, -0.15) is 20.7 Å². The molecule has 3 aromatic heterocycles. The minimum atomic E-state index is -0.502. The molecule has 2 saturated heterocycles. The number of aryl methyl sites for hydroxylation is 1. The first-order chi connectivity index (χ1) is 17.5. The van der Waals surface area contributed by atoms with Gasteiger partial charge in [-0.25, -0.2) is 9.97 Å². The smallest absolute Gasteiger partial charge is 0.238 e. The molecule has 5 heterocycles. The highest BCUT2D eigenvalue weighted by atomic mass is 16.2. The largest absolute Gasteiger partial charge is 0.323 e. The van der Waals surface area contributed by atoms with Gasteiger partial charge in [0.1, 0.15) is 17.7 Å². The Morgan fingerprint density at radius 1 is 1.28 bits per heavy atom. The number of anilines is 2. The lowest BCUT2D eigenvalue weighted by atomic mass is 9.86. The van der Waals surface area contributed by atoms with Crippen molar-refractivity contribution >= 4 is 17.5 Å². The summed E-state index contributed by atoms with van der Waals surface area (Å²) in [6.45, 7) is 3.02. The van der Waals surface area contributed by atoms with Gasteiger partial charge in [0.2, 0.25) is 11.9 Å². The van der Waals surface area contributed by atoms with Crippen molar-refractivity contribution in [1.82, 2.24) is 44.6 Å². The van der Waals surface area contributed by atoms with Crippen molar-refractivity contribution in [1.29, 1.82) is 10.5 Å². The standard InChI is InChI=1S/C23H26N12O/c1-32-14-17(12-28-32)29-22-27-8-3-18(30-22)19-4-10-35(31-19)23(5-7-25)15-33(16-23)20-13-26-9-11-34(20)21(36)2-6-24/h3-4,8,10,12,14,20,26H,2,5,9,11,13,15-16H2,1H3,(H,27,29,30). The summed E-state index contributed by atoms with van der Waals surface area (Å²) in [5.41, 5.74) is 1.61. The normalized spacial score (nSPS) is 19.2. The number of carbonyl (C=O) groups is 1. The predicted molar refractivity (Wildman–Crippen MR) is 128 cm³/mol. The van der Waals surface area contributed by atoms with Crippen molar-refractivity contribution in [2.45, 2.75) is 24.5 Å². The first kappa shape index (κ1) is 23.4. The first-order valence-corrected chi connectivity index (χ1v) is 11.6. The molecule has 36 heavy (non-hydrogen) atoms. The third kappa shape index (κ3) is 4.49. The van der Waals surface area contributed by atoms with Crippen LogP contribution in [-0.4, -0.2) is 84.1 Å². The van der Waals surface area contributed by atoms with E-state index in [1.807, 2.05) is 36.3 Å². The topological polar surface area (TPSA) is 157 Å². The maximum atomic E-state index is 12.5. The summed E-state index contributed by atoms with van der Waals surface area (Å²) in [5, 5.41) is 33.9. The Kier molecular flexibility index (Phi) is 6.33. The zero-order valence-corrected chi connectivity index (χ0v) is 19.9. The van der Waals surface area contributed by atoms with Gasteiger partial charge < -0.3 is 15.5 Å². The van der Waals surface area contributed by atoms with E-state index in [1.54, 1.807) is 28.0 Å². The summed E-state index contributed by atoms with van der Waals surface area (Å²) in [5.74, 6) is 0.270. The molecule has 2 aliphatic rings. The zero-order chi connectivity index (χ0) is 25.1. The van der Waals surface area contributed by atoms with Crippen LogP contribution in [0.1, 0.15) is 12.8 Å². The van der Waals surface area contributed by atoms with E-state index >= 15 is 0 Å². The maximum absolute atomic E-state index is 12.5. The average Bonchev–Trinajstić information content (AvgIpc) is 3.51. The van der Waals surface area contributed by atoms with E-state index in [0.29, 0.717) is 50.1 Å². The minimum absolute atomic E-state index is 0.132. The Bertz CT molecular complexity index is 1330. The van der Waals surface area contributed by atoms with Gasteiger partial charge in [0, 0.05) is 58.4 Å². The summed E-state index contributed by atoms with van der Waals surface area (Å²) >= 11 is 0. The van der Waals surface area contributed by atoms with Crippen LogP contribution in [0.25, 0.3) is 11.4 Å². The molecule has 2 N–H and O–H groups in total. The van der Waals surface area contributed by atoms with Crippen LogP contribution in [0.2, 0.25) is 0 Å². The number of nitriles is 2. The molecule has 1 unspecified atom stereocenters. The summed E-state index contributed by atoms with van der Waals surface area (Å²) in [6, 6.07) is 7.92. The molecule has 0 aliphatic carbocycles. The maximum Gasteiger partial charge on any atom is 0.238 e. The fourth-order valence-electron chi connectivity index (χ4n) is 4.78. The molecular weight excluding hydrogens is 460 g/mol. The summed E-state index contributed by atoms with van der Waals surface area (Å²) < 4.78 is 3.53. The second-order valence-corrected chi connectivity index (χ2v) is 9.01. The number of piperazine rings is 1. The Labute approximate surface area is 207 Å². The number of likely N-dealkylation sites (tertiary alicyclic amines) is 1. The second-order valence-electron chi connectivity index (χ2n) is 9.01. The Balaban J connectivity index is 1.32. The fraction of sp³-hybridized carbons (Fsp3) is 0.435. The Hall–Kier alpha value is -4.33. The molecule has 1 atom stereocenters. The summed E-state index contributed by atoms with van der Waals surface area (Å²) in [4.78, 5) is 25.3. The van der Waals surface area contributed by atoms with Crippen LogP contribution in [0.4, 0.5) is 11.6 Å². The van der Waals surface area contributed by atoms with E-state index in [0.717, 1.165) is 5.69 Å². The molecule has 0 saturated carbocycles. The van der Waals surface area contributed by atoms with Crippen molar-refractivity contribution < 1.29 is 4.79 Å². The van der Waals surface area contributed by atoms with Crippen LogP contribution in [0.5, 0.6) is 0 Å². The van der Waals surface area contributed by atoms with Crippen LogP contribution < -0.4 is 10.6 Å². The summed E-state index contributed by atoms with van der Waals surface area (Å²) in [7, 11) is 1.83. The van der Waals surface area contributed by atoms with E-state index in [9.17, 15) is 10.1 Å². The molecule has 0 aromatic carbocycles. The van der Waals surface area contributed by atoms with Gasteiger partial charge in [-0.15, -0.1) is 0 Å². The van der Waals surface area contributed by atoms with Gasteiger partial charge in [-0.3, -0.25) is 19.1 Å². The number of aromatic nitrogens is 6. The molecule has 2 fully saturated rings. The second kappa shape index (κ2) is 9.73. The number of amides is 1. The Morgan fingerprint density at radius 3 is 2.89 bits per heavy atom. The highest BCUT2D eigenvalue weighted by Crippen LogP contribution is 2.35. The van der Waals surface area contributed by atoms with E-state index in [4.69, 9.17) is 10.4 Å². The lowest BCUT2D eigenvalue weighted by molar-refractivity contribution is -0.146. The third-order valence-corrected chi connectivity index (χ3v) is 6.55. The van der Waals surface area contributed by atoms with Gasteiger partial charge in [-0.1, -0.05) is 0 Å². The average molecular weight is 487 g/mol. The number of nitrogens with zero attached hydrogens (tertiary/aromatic N) is 10. The molecule has 13 heteroatoms. The van der Waals surface area contributed by atoms with E-state index in [2.05, 4.69) is 36.7 Å². The van der Waals surface area contributed by atoms with Crippen LogP contribution in [-0.2, 0) is 17.4 Å². The van der Waals surface area contributed by atoms with E-state index < -0.39 is 5.54 Å². The number of nitrogens with one attached hydrogen (secondary N) is 2. The van der Waals surface area contributed by atoms with Crippen LogP contribution in [0.15, 0.2) is 36.9 Å². The first-order valence-electron chi connectivity index (χ1n) is 11.6. The van der Waals surface area contributed by atoms with E-state index in [-0.39, 0.29) is 24.9 Å². The van der Waals surface area contributed by atoms with Crippen molar-refractivity contribution in [3.05, 3.63) is 36.9 Å². The lowest BCUT2D eigenvalue weighted by Crippen LogP contribution is -2.72. The Morgan fingerprint density at radius 2 is 2.14 bits per heavy atom. The minimum Gasteiger partial charge on any atom is -0.323 e. The predicted octanol–water partition coefficient (Wildman–Crippen LogP) is 0.413. The lowest BCUT2D eigenvalue weighted by Gasteiger charge is -2.55. The molecule has 0 radical (unpaired) electrons. The molecule has 3 aromatic rings. The number of hydrogen-bond donors (Lipinski definition) is 2. The summed E-state index contributed by atoms with van der Waals surface area (Å²) in [6.07, 6.45) is 7.06. The zero-order valence-electron chi connectivity index (χ0n) is 19.9. The van der Waals surface area contributed by atoms with Crippen molar-refractivity contribution in [2.24, 2.45) is 7.05 Å². The van der Waals surface area contributed by atoms with Crippen molar-refractivity contribution in [2.75, 3.05) is 38.0 Å². The van der Waals surface area contributed by atoms with Crippen LogP contribution in [0.3, 0.4) is 0 Å². The molecule has 2 aliphatic heterocycles. The number of hydrogen-bond acceptors (Lipinski definition) is 10. The molecule has 184 valence electrons. The van der Waals surface area contributed by atoms with Gasteiger partial charge in [0.25, 0.3) is 0 Å². The monoisotopic (exact) mass is 486 g/mol. The highest BCUT2D eigenvalue weighted by Gasteiger charge is 2.49. The number of rotatable bonds is 7. The molecule has 0 spiro atoms. The van der Waals surface area contributed by atoms with Crippen molar-refractivity contribution in [3.63, 3.8) is 0 Å². The number of carbonyl (C=O) groups excluding carboxylic acids is 1. The highest BCUT2D eigenvalue weighted by molar-refractivity contribution is 5.78. The van der Waals surface area contributed by atoms with Gasteiger partial charge >= 0.3 is 0 Å². The van der Waals surface area contributed by atoms with Gasteiger partial charge in [-0.05, 0) is 12.1 Å². The van der Waals surface area contributed by atoms with E-state index in [1.165, 1.54) is 0 Å². The van der Waals surface area contributed by atoms with Gasteiger partial charge in [0.05, 0.1) is 42.3 Å². The molecule has 1 amide bonds. The molecular formula is C23H26N12O. The molecule has 0 bridgehead atoms. The van der Waals surface area contributed by atoms with Crippen molar-refractivity contribution in [3.8, 4) is 23.5 Å². The fourth-order valence-corrected chi connectivity index (χ4v) is 4.78. The van der Waals surface area contributed by atoms with Crippen LogP contribution >= 0.6 is 0 Å². The van der Waals surface area contributed by atoms with Crippen LogP contribution in [0, 0.1) is 22.7 Å². The molecule has 5 rings (SSSR count). The van der Waals surface area contributed by atoms with Gasteiger partial charge in [0.15, 0.2) is 0 Å².